The maximum absolute atomic E-state index is 12.2. The molecule has 0 atom stereocenters. The molecule has 2 aromatic carbocycles. The smallest absolute Gasteiger partial charge is 0.358 e. The number of nitrogens with one attached hydrogen (secondary N) is 1. The molecule has 0 spiro atoms. The fourth-order valence-electron chi connectivity index (χ4n) is 2.55. The second kappa shape index (κ2) is 8.73. The van der Waals surface area contributed by atoms with Crippen LogP contribution in [0.25, 0.3) is 10.6 Å². The van der Waals surface area contributed by atoms with E-state index in [2.05, 4.69) is 10.3 Å². The van der Waals surface area contributed by atoms with Crippen molar-refractivity contribution in [1.29, 1.82) is 0 Å². The van der Waals surface area contributed by atoms with Crippen LogP contribution in [0.15, 0.2) is 41.8 Å². The Morgan fingerprint density at radius 3 is 2.54 bits per heavy atom. The molecule has 28 heavy (non-hydrogen) atoms. The van der Waals surface area contributed by atoms with Crippen molar-refractivity contribution in [3.63, 3.8) is 0 Å². The minimum atomic E-state index is -0.668. The molecule has 0 aliphatic heterocycles. The average Bonchev–Trinajstić information content (AvgIpc) is 3.13. The van der Waals surface area contributed by atoms with Gasteiger partial charge in [0.2, 0.25) is 0 Å². The summed E-state index contributed by atoms with van der Waals surface area (Å²) < 4.78 is 5.06. The van der Waals surface area contributed by atoms with Crippen LogP contribution < -0.4 is 5.32 Å². The van der Waals surface area contributed by atoms with E-state index in [-0.39, 0.29) is 5.69 Å². The number of esters is 1. The lowest BCUT2D eigenvalue weighted by atomic mass is 10.1. The minimum Gasteiger partial charge on any atom is -0.451 e. The van der Waals surface area contributed by atoms with Crippen LogP contribution in [0.5, 0.6) is 0 Å². The Morgan fingerprint density at radius 2 is 1.86 bits per heavy atom. The van der Waals surface area contributed by atoms with E-state index in [9.17, 15) is 9.59 Å². The molecule has 0 unspecified atom stereocenters. The van der Waals surface area contributed by atoms with Gasteiger partial charge in [0.1, 0.15) is 5.01 Å². The lowest BCUT2D eigenvalue weighted by Gasteiger charge is -2.11. The van der Waals surface area contributed by atoms with Gasteiger partial charge in [0.05, 0.1) is 10.7 Å². The predicted molar refractivity (Wildman–Crippen MR) is 112 cm³/mol. The van der Waals surface area contributed by atoms with Crippen LogP contribution in [0.3, 0.4) is 0 Å². The molecule has 3 rings (SSSR count). The van der Waals surface area contributed by atoms with Crippen molar-refractivity contribution >= 4 is 52.1 Å². The van der Waals surface area contributed by atoms with E-state index in [4.69, 9.17) is 27.9 Å². The first-order valence-electron chi connectivity index (χ1n) is 8.28. The van der Waals surface area contributed by atoms with E-state index < -0.39 is 18.5 Å². The Kier molecular flexibility index (Phi) is 6.34. The summed E-state index contributed by atoms with van der Waals surface area (Å²) in [5.74, 6) is -1.14. The molecule has 0 aliphatic rings. The van der Waals surface area contributed by atoms with E-state index in [1.807, 2.05) is 32.0 Å². The van der Waals surface area contributed by atoms with E-state index in [0.717, 1.165) is 16.7 Å². The van der Waals surface area contributed by atoms with Gasteiger partial charge < -0.3 is 10.1 Å². The molecule has 0 saturated carbocycles. The highest BCUT2D eigenvalue weighted by Crippen LogP contribution is 2.27. The first kappa shape index (κ1) is 20.3. The molecule has 0 aliphatic carbocycles. The molecular formula is C20H16Cl2N2O3S. The fraction of sp³-hybridized carbons (Fsp3) is 0.150. The van der Waals surface area contributed by atoms with Gasteiger partial charge in [-0.3, -0.25) is 4.79 Å². The summed E-state index contributed by atoms with van der Waals surface area (Å²) in [5.41, 5.74) is 3.32. The van der Waals surface area contributed by atoms with Crippen LogP contribution in [0.2, 0.25) is 10.0 Å². The summed E-state index contributed by atoms with van der Waals surface area (Å²) in [6, 6.07) is 10.8. The summed E-state index contributed by atoms with van der Waals surface area (Å²) in [4.78, 5) is 28.6. The maximum Gasteiger partial charge on any atom is 0.358 e. The van der Waals surface area contributed by atoms with Crippen LogP contribution in [-0.2, 0) is 9.53 Å². The fourth-order valence-corrected chi connectivity index (χ4v) is 3.84. The van der Waals surface area contributed by atoms with Gasteiger partial charge in [0.15, 0.2) is 12.3 Å². The number of anilines is 1. The Morgan fingerprint density at radius 1 is 1.14 bits per heavy atom. The lowest BCUT2D eigenvalue weighted by molar-refractivity contribution is -0.119. The number of nitrogens with zero attached hydrogens (tertiary/aromatic N) is 1. The highest BCUT2D eigenvalue weighted by atomic mass is 35.5. The first-order valence-corrected chi connectivity index (χ1v) is 9.92. The molecule has 5 nitrogen and oxygen atoms in total. The highest BCUT2D eigenvalue weighted by Gasteiger charge is 2.16. The average molecular weight is 435 g/mol. The zero-order valence-corrected chi connectivity index (χ0v) is 17.4. The van der Waals surface area contributed by atoms with Crippen molar-refractivity contribution in [2.45, 2.75) is 13.8 Å². The summed E-state index contributed by atoms with van der Waals surface area (Å²) in [6.07, 6.45) is 0. The molecule has 0 fully saturated rings. The Balaban J connectivity index is 1.60. The van der Waals surface area contributed by atoms with E-state index >= 15 is 0 Å². The summed E-state index contributed by atoms with van der Waals surface area (Å²) in [6.45, 7) is 3.32. The quantitative estimate of drug-likeness (QED) is 0.535. The molecule has 0 saturated heterocycles. The van der Waals surface area contributed by atoms with Crippen molar-refractivity contribution in [3.05, 3.63) is 68.6 Å². The topological polar surface area (TPSA) is 68.3 Å². The van der Waals surface area contributed by atoms with Gasteiger partial charge in [-0.15, -0.1) is 11.3 Å². The number of amides is 1. The van der Waals surface area contributed by atoms with Gasteiger partial charge >= 0.3 is 5.97 Å². The molecule has 3 aromatic rings. The van der Waals surface area contributed by atoms with E-state index in [1.54, 1.807) is 23.6 Å². The highest BCUT2D eigenvalue weighted by molar-refractivity contribution is 7.13. The Hall–Kier alpha value is -2.41. The number of halogens is 2. The molecule has 8 heteroatoms. The number of rotatable bonds is 5. The monoisotopic (exact) mass is 434 g/mol. The Labute approximate surface area is 176 Å². The summed E-state index contributed by atoms with van der Waals surface area (Å²) in [7, 11) is 0. The number of thiazole rings is 1. The molecule has 1 amide bonds. The molecule has 1 aromatic heterocycles. The van der Waals surface area contributed by atoms with Crippen LogP contribution in [0.4, 0.5) is 5.69 Å². The number of aromatic nitrogens is 1. The largest absolute Gasteiger partial charge is 0.451 e. The number of ether oxygens (including phenoxy) is 1. The van der Waals surface area contributed by atoms with Gasteiger partial charge in [-0.25, -0.2) is 9.78 Å². The number of carbonyl (C=O) groups excluding carboxylic acids is 2. The number of carbonyl (C=O) groups is 2. The molecule has 0 bridgehead atoms. The van der Waals surface area contributed by atoms with Crippen LogP contribution in [0.1, 0.15) is 21.6 Å². The molecule has 1 heterocycles. The SMILES string of the molecule is Cc1cc(C)c(NC(=O)COC(=O)c2csc(-c3ccc(Cl)cc3)n2)c(Cl)c1. The predicted octanol–water partition coefficient (Wildman–Crippen LogP) is 5.53. The zero-order valence-electron chi connectivity index (χ0n) is 15.1. The van der Waals surface area contributed by atoms with Crippen molar-refractivity contribution in [2.75, 3.05) is 11.9 Å². The Bertz CT molecular complexity index is 1010. The third-order valence-electron chi connectivity index (χ3n) is 3.84. The normalized spacial score (nSPS) is 10.6. The van der Waals surface area contributed by atoms with Crippen molar-refractivity contribution < 1.29 is 14.3 Å². The number of benzene rings is 2. The maximum atomic E-state index is 12.2. The van der Waals surface area contributed by atoms with Crippen molar-refractivity contribution in [2.24, 2.45) is 0 Å². The molecular weight excluding hydrogens is 419 g/mol. The lowest BCUT2D eigenvalue weighted by Crippen LogP contribution is -2.21. The number of hydrogen-bond donors (Lipinski definition) is 1. The molecule has 0 radical (unpaired) electrons. The van der Waals surface area contributed by atoms with Crippen LogP contribution >= 0.6 is 34.5 Å². The van der Waals surface area contributed by atoms with E-state index in [0.29, 0.717) is 20.7 Å². The van der Waals surface area contributed by atoms with Gasteiger partial charge in [0.25, 0.3) is 5.91 Å². The van der Waals surface area contributed by atoms with Gasteiger partial charge in [-0.05, 0) is 43.2 Å². The van der Waals surface area contributed by atoms with Gasteiger partial charge in [-0.1, -0.05) is 41.4 Å². The second-order valence-corrected chi connectivity index (χ2v) is 7.81. The van der Waals surface area contributed by atoms with Crippen LogP contribution in [0, 0.1) is 13.8 Å². The summed E-state index contributed by atoms with van der Waals surface area (Å²) >= 11 is 13.3. The standard InChI is InChI=1S/C20H16Cl2N2O3S/c1-11-7-12(2)18(15(22)8-11)24-17(25)9-27-20(26)16-10-28-19(23-16)13-3-5-14(21)6-4-13/h3-8,10H,9H2,1-2H3,(H,24,25). The van der Waals surface area contributed by atoms with Crippen LogP contribution in [-0.4, -0.2) is 23.5 Å². The third kappa shape index (κ3) is 4.90. The van der Waals surface area contributed by atoms with Gasteiger partial charge in [-0.2, -0.15) is 0 Å². The molecule has 1 N–H and O–H groups in total. The van der Waals surface area contributed by atoms with Crippen molar-refractivity contribution in [1.82, 2.24) is 4.98 Å². The molecule has 144 valence electrons. The number of hydrogen-bond acceptors (Lipinski definition) is 5. The first-order chi connectivity index (χ1) is 13.3. The zero-order chi connectivity index (χ0) is 20.3. The van der Waals surface area contributed by atoms with Gasteiger partial charge in [0, 0.05) is 16.0 Å². The minimum absolute atomic E-state index is 0.146. The number of aryl methyl sites for hydroxylation is 2. The second-order valence-electron chi connectivity index (χ2n) is 6.11. The van der Waals surface area contributed by atoms with E-state index in [1.165, 1.54) is 11.3 Å². The van der Waals surface area contributed by atoms with Crippen molar-refractivity contribution in [3.8, 4) is 10.6 Å². The summed E-state index contributed by atoms with van der Waals surface area (Å²) in [5, 5.41) is 5.98. The third-order valence-corrected chi connectivity index (χ3v) is 5.28.